The second kappa shape index (κ2) is 9.94. The predicted octanol–water partition coefficient (Wildman–Crippen LogP) is 2.68. The largest absolute Gasteiger partial charge is 0.861 e. The summed E-state index contributed by atoms with van der Waals surface area (Å²) in [6, 6.07) is 11.8. The van der Waals surface area contributed by atoms with Crippen molar-refractivity contribution in [3.8, 4) is 23.3 Å². The molecule has 2 N–H and O–H groups in total. The summed E-state index contributed by atoms with van der Waals surface area (Å²) in [7, 11) is 0. The van der Waals surface area contributed by atoms with E-state index in [1.165, 1.54) is 10.9 Å². The predicted molar refractivity (Wildman–Crippen MR) is 118 cm³/mol. The second-order valence-electron chi connectivity index (χ2n) is 7.12. The Morgan fingerprint density at radius 1 is 1.25 bits per heavy atom. The zero-order chi connectivity index (χ0) is 23.3. The van der Waals surface area contributed by atoms with Crippen LogP contribution in [0.4, 0.5) is 11.7 Å². The van der Waals surface area contributed by atoms with Crippen molar-refractivity contribution < 1.29 is 14.3 Å². The molecule has 0 aliphatic rings. The zero-order valence-electron chi connectivity index (χ0n) is 17.9. The molecule has 0 aliphatic carbocycles. The first-order chi connectivity index (χ1) is 15.4. The number of pyridine rings is 1. The van der Waals surface area contributed by atoms with Gasteiger partial charge < -0.3 is 10.8 Å². The highest BCUT2D eigenvalue weighted by Crippen LogP contribution is 2.36. The molecule has 2 heterocycles. The number of nitrogens with zero attached hydrogens (tertiary/aromatic N) is 6. The maximum Gasteiger partial charge on any atom is 0.320 e. The van der Waals surface area contributed by atoms with Gasteiger partial charge in [-0.15, -0.1) is 0 Å². The summed E-state index contributed by atoms with van der Waals surface area (Å²) in [6.07, 6.45) is 1.51. The van der Waals surface area contributed by atoms with Crippen molar-refractivity contribution in [1.29, 1.82) is 10.5 Å². The van der Waals surface area contributed by atoms with Crippen LogP contribution in [0.15, 0.2) is 45.0 Å². The highest BCUT2D eigenvalue weighted by atomic mass is 32.2. The van der Waals surface area contributed by atoms with Gasteiger partial charge in [-0.05, 0) is 29.9 Å². The molecule has 162 valence electrons. The van der Waals surface area contributed by atoms with E-state index in [-0.39, 0.29) is 33.6 Å². The first kappa shape index (κ1) is 22.8. The highest BCUT2D eigenvalue weighted by Gasteiger charge is 2.20. The molecule has 0 aliphatic heterocycles. The minimum Gasteiger partial charge on any atom is -0.861 e. The molecule has 1 aromatic carbocycles. The molecule has 0 bridgehead atoms. The van der Waals surface area contributed by atoms with E-state index in [2.05, 4.69) is 41.2 Å². The lowest BCUT2D eigenvalue weighted by Gasteiger charge is -2.15. The molecular formula is C22H21N7O2S. The number of rotatable bonds is 7. The van der Waals surface area contributed by atoms with Crippen LogP contribution in [0.25, 0.3) is 11.1 Å². The first-order valence-electron chi connectivity index (χ1n) is 9.85. The SMILES string of the molecule is CC[n+]1cc(/N=C(/[O-])CSc2nc(N)c(C#N)c(-c3ccc(C(C)C)cc3)c2C#N)on1. The standard InChI is InChI=1S/C22H21N7O2S/c1-4-29-11-19(31-28-29)26-18(30)12-32-22-17(10-24)20(16(9-23)21(25)27-22)15-7-5-14(6-8-15)13(2)3/h5-8,11,13H,4,12H2,1-3H3,(H2-,25,26,27,28,30). The summed E-state index contributed by atoms with van der Waals surface area (Å²) in [5.41, 5.74) is 8.57. The molecule has 0 fully saturated rings. The van der Waals surface area contributed by atoms with Gasteiger partial charge in [-0.2, -0.15) is 10.5 Å². The lowest BCUT2D eigenvalue weighted by molar-refractivity contribution is -0.759. The summed E-state index contributed by atoms with van der Waals surface area (Å²) in [5.74, 6) is -0.136. The number of aliphatic imine (C=N–C) groups is 1. The Kier molecular flexibility index (Phi) is 7.08. The normalized spacial score (nSPS) is 11.4. The van der Waals surface area contributed by atoms with Crippen LogP contribution in [0.1, 0.15) is 43.4 Å². The van der Waals surface area contributed by atoms with Crippen LogP contribution in [0.3, 0.4) is 0 Å². The number of benzene rings is 1. The molecule has 9 nitrogen and oxygen atoms in total. The summed E-state index contributed by atoms with van der Waals surface area (Å²) in [5, 5.41) is 35.7. The van der Waals surface area contributed by atoms with Crippen molar-refractivity contribution in [3.05, 3.63) is 47.2 Å². The average molecular weight is 448 g/mol. The molecule has 0 unspecified atom stereocenters. The molecule has 0 saturated heterocycles. The molecule has 0 spiro atoms. The van der Waals surface area contributed by atoms with Gasteiger partial charge in [-0.3, -0.25) is 4.52 Å². The molecular weight excluding hydrogens is 426 g/mol. The molecule has 10 heteroatoms. The molecule has 2 aromatic heterocycles. The van der Waals surface area contributed by atoms with Gasteiger partial charge in [0.25, 0.3) is 6.20 Å². The Hall–Kier alpha value is -3.89. The third kappa shape index (κ3) is 4.88. The fraction of sp³-hybridized carbons (Fsp3) is 0.273. The van der Waals surface area contributed by atoms with Gasteiger partial charge in [0.05, 0.1) is 5.56 Å². The Bertz CT molecular complexity index is 1230. The molecule has 0 radical (unpaired) electrons. The van der Waals surface area contributed by atoms with Crippen molar-refractivity contribution in [2.75, 3.05) is 11.5 Å². The molecule has 0 amide bonds. The van der Waals surface area contributed by atoms with Crippen LogP contribution < -0.4 is 15.5 Å². The van der Waals surface area contributed by atoms with Crippen molar-refractivity contribution in [2.24, 2.45) is 4.99 Å². The third-order valence-electron chi connectivity index (χ3n) is 4.67. The van der Waals surface area contributed by atoms with Crippen LogP contribution >= 0.6 is 11.8 Å². The topological polar surface area (TPSA) is 152 Å². The fourth-order valence-electron chi connectivity index (χ4n) is 2.98. The molecule has 0 atom stereocenters. The Morgan fingerprint density at radius 3 is 2.50 bits per heavy atom. The van der Waals surface area contributed by atoms with E-state index < -0.39 is 5.90 Å². The van der Waals surface area contributed by atoms with E-state index in [1.807, 2.05) is 31.2 Å². The van der Waals surface area contributed by atoms with E-state index in [0.29, 0.717) is 23.6 Å². The fourth-order valence-corrected chi connectivity index (χ4v) is 3.76. The summed E-state index contributed by atoms with van der Waals surface area (Å²) in [6.45, 7) is 6.63. The monoisotopic (exact) mass is 447 g/mol. The van der Waals surface area contributed by atoms with Gasteiger partial charge in [0.2, 0.25) is 5.27 Å². The van der Waals surface area contributed by atoms with Crippen LogP contribution in [-0.4, -0.2) is 21.9 Å². The van der Waals surface area contributed by atoms with Crippen molar-refractivity contribution in [3.63, 3.8) is 0 Å². The first-order valence-corrected chi connectivity index (χ1v) is 10.8. The summed E-state index contributed by atoms with van der Waals surface area (Å²) in [4.78, 5) is 8.06. The average Bonchev–Trinajstić information content (AvgIpc) is 3.24. The van der Waals surface area contributed by atoms with Crippen molar-refractivity contribution >= 4 is 29.4 Å². The van der Waals surface area contributed by atoms with Crippen molar-refractivity contribution in [1.82, 2.24) is 10.3 Å². The van der Waals surface area contributed by atoms with Crippen LogP contribution in [0, 0.1) is 22.7 Å². The Balaban J connectivity index is 1.97. The van der Waals surface area contributed by atoms with E-state index in [9.17, 15) is 15.6 Å². The number of aryl methyl sites for hydroxylation is 1. The smallest absolute Gasteiger partial charge is 0.320 e. The lowest BCUT2D eigenvalue weighted by atomic mass is 9.94. The quantitative estimate of drug-likeness (QED) is 0.251. The Labute approximate surface area is 189 Å². The molecule has 0 saturated carbocycles. The number of hydrogen-bond acceptors (Lipinski definition) is 9. The number of nitrogens with two attached hydrogens (primary N) is 1. The van der Waals surface area contributed by atoms with Gasteiger partial charge in [-0.1, -0.05) is 54.6 Å². The summed E-state index contributed by atoms with van der Waals surface area (Å²) < 4.78 is 6.47. The van der Waals surface area contributed by atoms with E-state index in [4.69, 9.17) is 10.3 Å². The van der Waals surface area contributed by atoms with Gasteiger partial charge in [-0.25, -0.2) is 9.98 Å². The molecule has 3 aromatic rings. The zero-order valence-corrected chi connectivity index (χ0v) is 18.7. The number of aromatic nitrogens is 3. The number of nitriles is 2. The lowest BCUT2D eigenvalue weighted by Crippen LogP contribution is -2.32. The van der Waals surface area contributed by atoms with Gasteiger partial charge >= 0.3 is 5.88 Å². The maximum absolute atomic E-state index is 12.3. The van der Waals surface area contributed by atoms with Gasteiger partial charge in [0.15, 0.2) is 6.54 Å². The van der Waals surface area contributed by atoms with Gasteiger partial charge in [0.1, 0.15) is 28.5 Å². The third-order valence-corrected chi connectivity index (χ3v) is 5.63. The van der Waals surface area contributed by atoms with Crippen molar-refractivity contribution in [2.45, 2.75) is 38.3 Å². The minimum absolute atomic E-state index is 0.000506. The van der Waals surface area contributed by atoms with Crippen LogP contribution in [-0.2, 0) is 6.54 Å². The van der Waals surface area contributed by atoms with Gasteiger partial charge in [0, 0.05) is 11.3 Å². The number of thioether (sulfide) groups is 1. The van der Waals surface area contributed by atoms with E-state index in [0.717, 1.165) is 17.3 Å². The highest BCUT2D eigenvalue weighted by molar-refractivity contribution is 8.00. The van der Waals surface area contributed by atoms with Crippen LogP contribution in [0.5, 0.6) is 0 Å². The summed E-state index contributed by atoms with van der Waals surface area (Å²) >= 11 is 1.03. The van der Waals surface area contributed by atoms with E-state index >= 15 is 0 Å². The van der Waals surface area contributed by atoms with E-state index in [1.54, 1.807) is 0 Å². The number of hydrogen-bond donors (Lipinski definition) is 1. The second-order valence-corrected chi connectivity index (χ2v) is 8.08. The molecule has 32 heavy (non-hydrogen) atoms. The Morgan fingerprint density at radius 2 is 1.94 bits per heavy atom. The maximum atomic E-state index is 12.3. The minimum atomic E-state index is -0.481. The van der Waals surface area contributed by atoms with Crippen LogP contribution in [0.2, 0.25) is 0 Å². The number of nitrogen functional groups attached to an aromatic ring is 1. The number of anilines is 1. The molecule has 3 rings (SSSR count).